The number of hydrazine groups is 1. The number of hydrogen-bond acceptors (Lipinski definition) is 6. The third-order valence-electron chi connectivity index (χ3n) is 5.81. The molecule has 1 aliphatic carbocycles. The van der Waals surface area contributed by atoms with E-state index in [4.69, 9.17) is 17.3 Å². The molecule has 4 rings (SSSR count). The highest BCUT2D eigenvalue weighted by atomic mass is 79.9. The maximum absolute atomic E-state index is 13.4. The van der Waals surface area contributed by atoms with Crippen molar-refractivity contribution < 1.29 is 9.59 Å². The first-order valence-electron chi connectivity index (χ1n) is 10.3. The van der Waals surface area contributed by atoms with Crippen LogP contribution in [0, 0.1) is 16.7 Å². The number of amides is 1. The summed E-state index contributed by atoms with van der Waals surface area (Å²) in [6, 6.07) is 12.7. The van der Waals surface area contributed by atoms with Crippen molar-refractivity contribution >= 4 is 39.2 Å². The van der Waals surface area contributed by atoms with Crippen molar-refractivity contribution in [2.75, 3.05) is 0 Å². The van der Waals surface area contributed by atoms with Gasteiger partial charge in [-0.05, 0) is 35.6 Å². The zero-order chi connectivity index (χ0) is 23.9. The Balaban J connectivity index is 1.89. The molecule has 1 aromatic carbocycles. The molecule has 1 amide bonds. The fourth-order valence-corrected chi connectivity index (χ4v) is 5.09. The van der Waals surface area contributed by atoms with E-state index in [0.717, 1.165) is 10.0 Å². The SMILES string of the molecule is CC1(C)CC(=O)C2=C(C1)N(NC(=O)c1cccnc1Cl)C(N)=C(C#N)C2c1ccccc1Br. The van der Waals surface area contributed by atoms with E-state index in [1.807, 2.05) is 38.1 Å². The molecule has 1 aromatic heterocycles. The minimum absolute atomic E-state index is 0.0374. The van der Waals surface area contributed by atoms with Crippen LogP contribution in [0.15, 0.2) is 69.7 Å². The lowest BCUT2D eigenvalue weighted by molar-refractivity contribution is -0.118. The number of halogens is 2. The van der Waals surface area contributed by atoms with Gasteiger partial charge < -0.3 is 5.73 Å². The molecule has 3 N–H and O–H groups in total. The number of hydrogen-bond donors (Lipinski definition) is 2. The lowest BCUT2D eigenvalue weighted by Crippen LogP contribution is -2.50. The van der Waals surface area contributed by atoms with E-state index in [0.29, 0.717) is 24.1 Å². The molecular weight excluding hydrogens is 506 g/mol. The van der Waals surface area contributed by atoms with Crippen LogP contribution in [0.1, 0.15) is 48.5 Å². The predicted molar refractivity (Wildman–Crippen MR) is 127 cm³/mol. The summed E-state index contributed by atoms with van der Waals surface area (Å²) in [6.07, 6.45) is 2.28. The number of carbonyl (C=O) groups is 2. The first-order chi connectivity index (χ1) is 15.6. The van der Waals surface area contributed by atoms with Crippen LogP contribution in [-0.4, -0.2) is 21.7 Å². The maximum Gasteiger partial charge on any atom is 0.273 e. The summed E-state index contributed by atoms with van der Waals surface area (Å²) in [5.41, 5.74) is 11.0. The highest BCUT2D eigenvalue weighted by molar-refractivity contribution is 9.10. The van der Waals surface area contributed by atoms with Gasteiger partial charge in [0, 0.05) is 22.7 Å². The third-order valence-corrected chi connectivity index (χ3v) is 6.84. The average molecular weight is 527 g/mol. The van der Waals surface area contributed by atoms with E-state index in [-0.39, 0.29) is 33.3 Å². The fraction of sp³-hybridized carbons (Fsp3) is 0.250. The maximum atomic E-state index is 13.4. The number of ketones is 1. The van der Waals surface area contributed by atoms with Crippen molar-refractivity contribution in [1.82, 2.24) is 15.4 Å². The summed E-state index contributed by atoms with van der Waals surface area (Å²) in [5, 5.41) is 11.5. The quantitative estimate of drug-likeness (QED) is 0.566. The summed E-state index contributed by atoms with van der Waals surface area (Å²) in [7, 11) is 0. The first kappa shape index (κ1) is 23.0. The van der Waals surface area contributed by atoms with Crippen LogP contribution in [0.3, 0.4) is 0 Å². The molecule has 0 spiro atoms. The Morgan fingerprint density at radius 3 is 2.70 bits per heavy atom. The van der Waals surface area contributed by atoms with Crippen LogP contribution < -0.4 is 11.2 Å². The van der Waals surface area contributed by atoms with Crippen molar-refractivity contribution in [2.24, 2.45) is 11.1 Å². The Labute approximate surface area is 205 Å². The molecule has 1 unspecified atom stereocenters. The van der Waals surface area contributed by atoms with E-state index in [1.165, 1.54) is 17.3 Å². The summed E-state index contributed by atoms with van der Waals surface area (Å²) >= 11 is 9.65. The topological polar surface area (TPSA) is 112 Å². The Hall–Kier alpha value is -3.15. The monoisotopic (exact) mass is 525 g/mol. The molecule has 2 heterocycles. The molecule has 0 radical (unpaired) electrons. The third kappa shape index (κ3) is 4.14. The highest BCUT2D eigenvalue weighted by Crippen LogP contribution is 2.49. The van der Waals surface area contributed by atoms with Gasteiger partial charge in [-0.15, -0.1) is 0 Å². The number of carbonyl (C=O) groups excluding carboxylic acids is 2. The average Bonchev–Trinajstić information content (AvgIpc) is 2.75. The zero-order valence-electron chi connectivity index (χ0n) is 18.0. The van der Waals surface area contributed by atoms with Gasteiger partial charge in [0.15, 0.2) is 5.78 Å². The minimum Gasteiger partial charge on any atom is -0.383 e. The summed E-state index contributed by atoms with van der Waals surface area (Å²) in [6.45, 7) is 3.97. The molecular formula is C24H21BrClN5O2. The van der Waals surface area contributed by atoms with Crippen molar-refractivity contribution in [2.45, 2.75) is 32.6 Å². The van der Waals surface area contributed by atoms with Crippen LogP contribution >= 0.6 is 27.5 Å². The van der Waals surface area contributed by atoms with Gasteiger partial charge in [-0.2, -0.15) is 5.26 Å². The molecule has 1 atom stereocenters. The highest BCUT2D eigenvalue weighted by Gasteiger charge is 2.45. The van der Waals surface area contributed by atoms with Crippen LogP contribution in [0.4, 0.5) is 0 Å². The second-order valence-corrected chi connectivity index (χ2v) is 10.00. The summed E-state index contributed by atoms with van der Waals surface area (Å²) in [4.78, 5) is 30.4. The number of benzene rings is 1. The Morgan fingerprint density at radius 2 is 2.03 bits per heavy atom. The Morgan fingerprint density at radius 1 is 1.30 bits per heavy atom. The fourth-order valence-electron chi connectivity index (χ4n) is 4.37. The minimum atomic E-state index is -0.640. The Kier molecular flexibility index (Phi) is 6.04. The second-order valence-electron chi connectivity index (χ2n) is 8.78. The van der Waals surface area contributed by atoms with Crippen molar-refractivity contribution in [3.8, 4) is 6.07 Å². The van der Waals surface area contributed by atoms with Gasteiger partial charge in [-0.3, -0.25) is 15.0 Å². The Bertz CT molecular complexity index is 1280. The molecule has 9 heteroatoms. The summed E-state index contributed by atoms with van der Waals surface area (Å²) in [5.74, 6) is -1.20. The van der Waals surface area contributed by atoms with E-state index >= 15 is 0 Å². The molecule has 0 bridgehead atoms. The molecule has 0 saturated carbocycles. The predicted octanol–water partition coefficient (Wildman–Crippen LogP) is 4.58. The molecule has 2 aliphatic rings. The second kappa shape index (κ2) is 8.65. The number of nitrogens with two attached hydrogens (primary N) is 1. The smallest absolute Gasteiger partial charge is 0.273 e. The number of allylic oxidation sites excluding steroid dienone is 3. The van der Waals surface area contributed by atoms with Crippen LogP contribution in [0.25, 0.3) is 0 Å². The van der Waals surface area contributed by atoms with Gasteiger partial charge in [-0.25, -0.2) is 9.99 Å². The van der Waals surface area contributed by atoms with Gasteiger partial charge in [-0.1, -0.05) is 59.6 Å². The van der Waals surface area contributed by atoms with Gasteiger partial charge in [0.2, 0.25) is 0 Å². The number of aromatic nitrogens is 1. The molecule has 2 aromatic rings. The number of nitrogens with one attached hydrogen (secondary N) is 1. The molecule has 168 valence electrons. The van der Waals surface area contributed by atoms with Gasteiger partial charge in [0.05, 0.1) is 28.8 Å². The van der Waals surface area contributed by atoms with E-state index in [9.17, 15) is 14.9 Å². The lowest BCUT2D eigenvalue weighted by Gasteiger charge is -2.43. The lowest BCUT2D eigenvalue weighted by atomic mass is 9.69. The first-order valence-corrected chi connectivity index (χ1v) is 11.4. The van der Waals surface area contributed by atoms with E-state index in [2.05, 4.69) is 32.4 Å². The number of Topliss-reactive ketones (excluding diaryl/α,β-unsaturated/α-hetero) is 1. The molecule has 7 nitrogen and oxygen atoms in total. The molecule has 1 aliphatic heterocycles. The normalized spacial score (nSPS) is 19.8. The van der Waals surface area contributed by atoms with Crippen molar-refractivity contribution in [1.29, 1.82) is 5.26 Å². The molecule has 33 heavy (non-hydrogen) atoms. The van der Waals surface area contributed by atoms with Crippen LogP contribution in [0.5, 0.6) is 0 Å². The molecule has 0 saturated heterocycles. The molecule has 0 fully saturated rings. The van der Waals surface area contributed by atoms with Gasteiger partial charge in [0.1, 0.15) is 11.0 Å². The zero-order valence-corrected chi connectivity index (χ0v) is 20.4. The van der Waals surface area contributed by atoms with Gasteiger partial charge >= 0.3 is 0 Å². The number of nitriles is 1. The standard InChI is InChI=1S/C24H21BrClN5O2/c1-24(2)10-17-20(18(32)11-24)19(13-6-3-4-8-16(13)25)15(12-27)22(28)31(17)30-23(33)14-7-5-9-29-21(14)26/h3-9,19H,10-11,28H2,1-2H3,(H,30,33). The van der Waals surface area contributed by atoms with Crippen molar-refractivity contribution in [3.05, 3.63) is 86.0 Å². The largest absolute Gasteiger partial charge is 0.383 e. The van der Waals surface area contributed by atoms with E-state index < -0.39 is 11.8 Å². The van der Waals surface area contributed by atoms with Crippen molar-refractivity contribution in [3.63, 3.8) is 0 Å². The number of rotatable bonds is 3. The number of pyridine rings is 1. The van der Waals surface area contributed by atoms with E-state index in [1.54, 1.807) is 6.07 Å². The van der Waals surface area contributed by atoms with Crippen LogP contribution in [-0.2, 0) is 4.79 Å². The van der Waals surface area contributed by atoms with Crippen LogP contribution in [0.2, 0.25) is 5.15 Å². The summed E-state index contributed by atoms with van der Waals surface area (Å²) < 4.78 is 0.764. The van der Waals surface area contributed by atoms with Gasteiger partial charge in [0.25, 0.3) is 5.91 Å². The number of nitrogens with zero attached hydrogens (tertiary/aromatic N) is 3.